The third-order valence-electron chi connectivity index (χ3n) is 5.32. The Kier molecular flexibility index (Phi) is 11.8. The van der Waals surface area contributed by atoms with Crippen LogP contribution in [0.15, 0.2) is 60.7 Å². The normalized spacial score (nSPS) is 11.2. The fourth-order valence-electron chi connectivity index (χ4n) is 3.31. The summed E-state index contributed by atoms with van der Waals surface area (Å²) in [5.74, 6) is -1.73. The summed E-state index contributed by atoms with van der Waals surface area (Å²) in [5, 5.41) is 19.8. The monoisotopic (exact) mass is 483 g/mol. The molecule has 0 aliphatic rings. The van der Waals surface area contributed by atoms with Gasteiger partial charge in [-0.25, -0.2) is 9.59 Å². The van der Waals surface area contributed by atoms with Crippen LogP contribution in [0.2, 0.25) is 0 Å². The number of carboxylic acids is 1. The minimum absolute atomic E-state index is 0.0841. The van der Waals surface area contributed by atoms with Gasteiger partial charge in [0.1, 0.15) is 6.04 Å². The van der Waals surface area contributed by atoms with Crippen molar-refractivity contribution in [3.05, 3.63) is 71.8 Å². The molecule has 1 unspecified atom stereocenters. The molecule has 1 atom stereocenters. The average Bonchev–Trinajstić information content (AvgIpc) is 2.85. The molecule has 0 aliphatic carbocycles. The molecule has 9 nitrogen and oxygen atoms in total. The first-order chi connectivity index (χ1) is 16.9. The zero-order valence-electron chi connectivity index (χ0n) is 19.9. The molecule has 2 aromatic rings. The maximum Gasteiger partial charge on any atom is 0.413 e. The molecule has 0 heterocycles. The number of aryl methyl sites for hydroxylation is 1. The van der Waals surface area contributed by atoms with Gasteiger partial charge < -0.3 is 19.5 Å². The van der Waals surface area contributed by atoms with E-state index in [-0.39, 0.29) is 31.6 Å². The first kappa shape index (κ1) is 27.4. The Bertz CT molecular complexity index is 952. The van der Waals surface area contributed by atoms with E-state index in [1.165, 1.54) is 17.5 Å². The van der Waals surface area contributed by atoms with E-state index >= 15 is 0 Å². The van der Waals surface area contributed by atoms with Gasteiger partial charge in [0.05, 0.1) is 13.2 Å². The molecule has 2 aromatic carbocycles. The van der Waals surface area contributed by atoms with Gasteiger partial charge in [-0.2, -0.15) is 0 Å². The second-order valence-corrected chi connectivity index (χ2v) is 8.03. The van der Waals surface area contributed by atoms with Crippen molar-refractivity contribution in [1.29, 1.82) is 5.41 Å². The molecule has 188 valence electrons. The molecule has 0 saturated heterocycles. The summed E-state index contributed by atoms with van der Waals surface area (Å²) in [7, 11) is 1.43. The second-order valence-electron chi connectivity index (χ2n) is 8.03. The Labute approximate surface area is 205 Å². The van der Waals surface area contributed by atoms with Crippen LogP contribution in [-0.2, 0) is 31.9 Å². The van der Waals surface area contributed by atoms with E-state index in [0.29, 0.717) is 19.3 Å². The number of carbonyl (C=O) groups excluding carboxylic acids is 2. The largest absolute Gasteiger partial charge is 0.480 e. The molecule has 0 spiro atoms. The lowest BCUT2D eigenvalue weighted by Crippen LogP contribution is -2.50. The van der Waals surface area contributed by atoms with E-state index in [4.69, 9.17) is 14.9 Å². The molecule has 2 rings (SSSR count). The molecule has 0 aliphatic heterocycles. The van der Waals surface area contributed by atoms with Gasteiger partial charge in [-0.3, -0.25) is 15.5 Å². The molecular formula is C26H33N3O6. The van der Waals surface area contributed by atoms with Crippen molar-refractivity contribution in [2.75, 3.05) is 20.3 Å². The van der Waals surface area contributed by atoms with Gasteiger partial charge >= 0.3 is 18.0 Å². The quantitative estimate of drug-likeness (QED) is 0.172. The summed E-state index contributed by atoms with van der Waals surface area (Å²) in [5.41, 5.74) is 1.99. The van der Waals surface area contributed by atoms with Crippen LogP contribution in [0.25, 0.3) is 0 Å². The molecule has 0 fully saturated rings. The van der Waals surface area contributed by atoms with Gasteiger partial charge in [0.2, 0.25) is 5.96 Å². The number of alkyl carbamates (subject to hydrolysis) is 1. The summed E-state index contributed by atoms with van der Waals surface area (Å²) in [4.78, 5) is 36.6. The molecule has 0 bridgehead atoms. The number of carboxylic acid groups (broad SMARTS) is 1. The molecule has 35 heavy (non-hydrogen) atoms. The van der Waals surface area contributed by atoms with E-state index in [1.54, 1.807) is 12.1 Å². The fraction of sp³-hybridized carbons (Fsp3) is 0.385. The van der Waals surface area contributed by atoms with Crippen LogP contribution in [0.5, 0.6) is 0 Å². The number of benzene rings is 2. The molecule has 9 heteroatoms. The Morgan fingerprint density at radius 1 is 0.914 bits per heavy atom. The number of nitrogens with zero attached hydrogens (tertiary/aromatic N) is 1. The Hall–Kier alpha value is -3.88. The number of hydrogen-bond acceptors (Lipinski definition) is 6. The molecular weight excluding hydrogens is 450 g/mol. The highest BCUT2D eigenvalue weighted by atomic mass is 16.5. The fourth-order valence-corrected chi connectivity index (χ4v) is 3.31. The maximum atomic E-state index is 12.0. The second kappa shape index (κ2) is 15.1. The smallest absolute Gasteiger partial charge is 0.413 e. The first-order valence-electron chi connectivity index (χ1n) is 11.6. The summed E-state index contributed by atoms with van der Waals surface area (Å²) in [6, 6.07) is 18.0. The van der Waals surface area contributed by atoms with E-state index in [9.17, 15) is 19.5 Å². The van der Waals surface area contributed by atoms with Gasteiger partial charge in [-0.1, -0.05) is 60.7 Å². The highest BCUT2D eigenvalue weighted by Crippen LogP contribution is 2.09. The van der Waals surface area contributed by atoms with Crippen LogP contribution in [0.4, 0.5) is 4.79 Å². The first-order valence-corrected chi connectivity index (χ1v) is 11.6. The highest BCUT2D eigenvalue weighted by Gasteiger charge is 2.26. The molecule has 0 aromatic heterocycles. The van der Waals surface area contributed by atoms with Crippen molar-refractivity contribution < 1.29 is 29.0 Å². The van der Waals surface area contributed by atoms with Crippen molar-refractivity contribution in [2.45, 2.75) is 44.6 Å². The zero-order chi connectivity index (χ0) is 25.5. The molecule has 0 saturated carbocycles. The van der Waals surface area contributed by atoms with Gasteiger partial charge in [0.15, 0.2) is 0 Å². The summed E-state index contributed by atoms with van der Waals surface area (Å²) in [6.07, 6.45) is 2.25. The minimum atomic E-state index is -1.11. The standard InChI is InChI=1S/C26H33N3O6/c1-29(22(24(31)32)19-21-13-6-3-7-14-21)25(27)28-26(33)35-18-9-8-17-34-23(30)16-10-15-20-11-4-2-5-12-20/h2-7,11-14,22H,8-10,15-19H2,1H3,(H,31,32)(H2,27,28,33). The van der Waals surface area contributed by atoms with Crippen LogP contribution >= 0.6 is 0 Å². The maximum absolute atomic E-state index is 12.0. The van der Waals surface area contributed by atoms with Crippen LogP contribution < -0.4 is 5.32 Å². The Morgan fingerprint density at radius 2 is 1.49 bits per heavy atom. The predicted octanol–water partition coefficient (Wildman–Crippen LogP) is 3.62. The number of amides is 1. The van der Waals surface area contributed by atoms with Crippen LogP contribution in [0.3, 0.4) is 0 Å². The number of likely N-dealkylation sites (N-methyl/N-ethyl adjacent to an activating group) is 1. The number of hydrogen-bond donors (Lipinski definition) is 3. The number of ether oxygens (including phenoxy) is 2. The van der Waals surface area contributed by atoms with Crippen molar-refractivity contribution in [3.63, 3.8) is 0 Å². The number of carbonyl (C=O) groups is 3. The molecule has 1 amide bonds. The summed E-state index contributed by atoms with van der Waals surface area (Å²) >= 11 is 0. The van der Waals surface area contributed by atoms with Crippen LogP contribution in [0.1, 0.15) is 36.8 Å². The number of nitrogens with one attached hydrogen (secondary N) is 2. The van der Waals surface area contributed by atoms with Gasteiger partial charge in [-0.05, 0) is 36.8 Å². The summed E-state index contributed by atoms with van der Waals surface area (Å²) in [6.45, 7) is 0.328. The van der Waals surface area contributed by atoms with Crippen LogP contribution in [-0.4, -0.2) is 60.3 Å². The lowest BCUT2D eigenvalue weighted by atomic mass is 10.1. The van der Waals surface area contributed by atoms with Crippen molar-refractivity contribution in [1.82, 2.24) is 10.2 Å². The number of rotatable bonds is 13. The topological polar surface area (TPSA) is 129 Å². The minimum Gasteiger partial charge on any atom is -0.480 e. The number of guanidine groups is 1. The van der Waals surface area contributed by atoms with Gasteiger partial charge in [0.25, 0.3) is 0 Å². The molecule has 3 N–H and O–H groups in total. The Balaban J connectivity index is 1.58. The van der Waals surface area contributed by atoms with Crippen molar-refractivity contribution in [2.24, 2.45) is 0 Å². The third kappa shape index (κ3) is 10.7. The van der Waals surface area contributed by atoms with E-state index in [2.05, 4.69) is 5.32 Å². The lowest BCUT2D eigenvalue weighted by molar-refractivity contribution is -0.144. The highest BCUT2D eigenvalue weighted by molar-refractivity contribution is 5.94. The van der Waals surface area contributed by atoms with E-state index in [1.807, 2.05) is 48.5 Å². The SMILES string of the molecule is CN(C(=N)NC(=O)OCCCCOC(=O)CCCc1ccccc1)C(Cc1ccccc1)C(=O)O. The number of unbranched alkanes of at least 4 members (excludes halogenated alkanes) is 1. The zero-order valence-corrected chi connectivity index (χ0v) is 19.9. The van der Waals surface area contributed by atoms with Crippen LogP contribution in [0, 0.1) is 5.41 Å². The molecule has 0 radical (unpaired) electrons. The van der Waals surface area contributed by atoms with Gasteiger partial charge in [-0.15, -0.1) is 0 Å². The van der Waals surface area contributed by atoms with Crippen molar-refractivity contribution in [3.8, 4) is 0 Å². The third-order valence-corrected chi connectivity index (χ3v) is 5.32. The van der Waals surface area contributed by atoms with Crippen molar-refractivity contribution >= 4 is 24.0 Å². The average molecular weight is 484 g/mol. The Morgan fingerprint density at radius 3 is 2.09 bits per heavy atom. The summed E-state index contributed by atoms with van der Waals surface area (Å²) < 4.78 is 10.2. The van der Waals surface area contributed by atoms with E-state index < -0.39 is 18.1 Å². The number of aliphatic carboxylic acids is 1. The predicted molar refractivity (Wildman–Crippen MR) is 131 cm³/mol. The number of esters is 1. The van der Waals surface area contributed by atoms with Gasteiger partial charge in [0, 0.05) is 19.9 Å². The van der Waals surface area contributed by atoms with E-state index in [0.717, 1.165) is 18.4 Å². The lowest BCUT2D eigenvalue weighted by Gasteiger charge is -2.26.